The Hall–Kier alpha value is -2.52. The van der Waals surface area contributed by atoms with E-state index in [1.165, 1.54) is 5.56 Å². The van der Waals surface area contributed by atoms with Crippen LogP contribution in [0.5, 0.6) is 0 Å². The maximum atomic E-state index is 12.5. The first-order valence-electron chi connectivity index (χ1n) is 9.33. The van der Waals surface area contributed by atoms with E-state index in [0.29, 0.717) is 12.3 Å². The summed E-state index contributed by atoms with van der Waals surface area (Å²) in [5.41, 5.74) is 1.27. The minimum absolute atomic E-state index is 0.189. The Bertz CT molecular complexity index is 832. The van der Waals surface area contributed by atoms with Crippen molar-refractivity contribution in [3.63, 3.8) is 0 Å². The molecule has 0 heterocycles. The zero-order valence-electron chi connectivity index (χ0n) is 16.1. The minimum atomic E-state index is -2.14. The van der Waals surface area contributed by atoms with Gasteiger partial charge in [0.25, 0.3) is 0 Å². The normalized spacial score (nSPS) is 12.0. The maximum absolute atomic E-state index is 12.5. The van der Waals surface area contributed by atoms with Gasteiger partial charge in [-0.15, -0.1) is 0 Å². The average molecular weight is 379 g/mol. The van der Waals surface area contributed by atoms with E-state index in [2.05, 4.69) is 62.4 Å². The summed E-state index contributed by atoms with van der Waals surface area (Å²) in [6.45, 7) is 6.20. The summed E-state index contributed by atoms with van der Waals surface area (Å²) in [6.07, 6.45) is 0.346. The molecule has 0 N–H and O–H groups in total. The molecule has 0 aliphatic carbocycles. The van der Waals surface area contributed by atoms with Gasteiger partial charge in [0.2, 0.25) is 0 Å². The second kappa shape index (κ2) is 8.45. The van der Waals surface area contributed by atoms with Crippen molar-refractivity contribution in [2.24, 2.45) is 0 Å². The van der Waals surface area contributed by atoms with E-state index in [1.807, 2.05) is 43.3 Å². The second-order valence-electron chi connectivity index (χ2n) is 6.71. The van der Waals surface area contributed by atoms with Crippen molar-refractivity contribution in [3.05, 3.63) is 90.5 Å². The predicted molar refractivity (Wildman–Crippen MR) is 112 cm³/mol. The van der Waals surface area contributed by atoms with Gasteiger partial charge in [-0.2, -0.15) is 0 Å². The Kier molecular flexibility index (Phi) is 6.02. The van der Waals surface area contributed by atoms with E-state index < -0.39 is 10.3 Å². The lowest BCUT2D eigenvalue weighted by molar-refractivity contribution is -0.133. The zero-order valence-corrected chi connectivity index (χ0v) is 16.9. The van der Waals surface area contributed by atoms with Crippen molar-refractivity contribution in [2.75, 3.05) is 0 Å². The predicted octanol–water partition coefficient (Wildman–Crippen LogP) is 6.96. The molecule has 2 nitrogen and oxygen atoms in total. The summed E-state index contributed by atoms with van der Waals surface area (Å²) >= 11 is 0. The van der Waals surface area contributed by atoms with Crippen LogP contribution in [0.3, 0.4) is 0 Å². The van der Waals surface area contributed by atoms with Crippen molar-refractivity contribution in [2.45, 2.75) is 47.8 Å². The molecule has 0 saturated heterocycles. The number of carbonyl (C=O) groups excluding carboxylic acids is 1. The number of hydrogen-bond donors (Lipinski definition) is 0. The first-order chi connectivity index (χ1) is 13.1. The van der Waals surface area contributed by atoms with E-state index in [4.69, 9.17) is 4.18 Å². The number of benzene rings is 3. The quantitative estimate of drug-likeness (QED) is 0.463. The van der Waals surface area contributed by atoms with Crippen molar-refractivity contribution in [3.8, 4) is 0 Å². The average Bonchev–Trinajstić information content (AvgIpc) is 2.73. The first kappa shape index (κ1) is 19.2. The number of hydrogen-bond acceptors (Lipinski definition) is 2. The number of rotatable bonds is 6. The van der Waals surface area contributed by atoms with Crippen molar-refractivity contribution < 1.29 is 8.98 Å². The summed E-state index contributed by atoms with van der Waals surface area (Å²) in [4.78, 5) is 15.6. The molecule has 0 bridgehead atoms. The molecule has 0 saturated carbocycles. The van der Waals surface area contributed by atoms with Crippen LogP contribution in [0.4, 0.5) is 0 Å². The van der Waals surface area contributed by atoms with Crippen LogP contribution in [0.2, 0.25) is 0 Å². The largest absolute Gasteiger partial charge is 0.402 e. The SMILES string of the molecule is CCC(=O)OS(c1ccccc1)(c1ccccc1)c1ccc(C(C)C)cc1. The molecule has 0 unspecified atom stereocenters. The highest BCUT2D eigenvalue weighted by Gasteiger charge is 2.35. The molecule has 0 spiro atoms. The zero-order chi connectivity index (χ0) is 19.3. The Morgan fingerprint density at radius 2 is 1.22 bits per heavy atom. The van der Waals surface area contributed by atoms with Crippen molar-refractivity contribution in [1.29, 1.82) is 0 Å². The van der Waals surface area contributed by atoms with Gasteiger partial charge in [-0.25, -0.2) is 0 Å². The monoisotopic (exact) mass is 378 g/mol. The Balaban J connectivity index is 2.27. The van der Waals surface area contributed by atoms with Crippen LogP contribution in [0.15, 0.2) is 99.6 Å². The van der Waals surface area contributed by atoms with Gasteiger partial charge in [0.15, 0.2) is 0 Å². The van der Waals surface area contributed by atoms with E-state index in [0.717, 1.165) is 14.7 Å². The van der Waals surface area contributed by atoms with Gasteiger partial charge in [0, 0.05) is 21.1 Å². The van der Waals surface area contributed by atoms with Gasteiger partial charge in [0.1, 0.15) is 0 Å². The topological polar surface area (TPSA) is 26.3 Å². The van der Waals surface area contributed by atoms with Crippen LogP contribution < -0.4 is 0 Å². The van der Waals surface area contributed by atoms with E-state index in [9.17, 15) is 4.79 Å². The Morgan fingerprint density at radius 3 is 1.63 bits per heavy atom. The van der Waals surface area contributed by atoms with Crippen LogP contribution in [0.25, 0.3) is 0 Å². The van der Waals surface area contributed by atoms with E-state index >= 15 is 0 Å². The lowest BCUT2D eigenvalue weighted by atomic mass is 10.0. The van der Waals surface area contributed by atoms with Crippen LogP contribution in [0, 0.1) is 0 Å². The smallest absolute Gasteiger partial charge is 0.316 e. The molecule has 0 aliphatic rings. The summed E-state index contributed by atoms with van der Waals surface area (Å²) in [6, 6.07) is 28.7. The van der Waals surface area contributed by atoms with Gasteiger partial charge in [-0.3, -0.25) is 4.79 Å². The highest BCUT2D eigenvalue weighted by atomic mass is 32.3. The van der Waals surface area contributed by atoms with E-state index in [-0.39, 0.29) is 5.97 Å². The molecule has 0 fully saturated rings. The fraction of sp³-hybridized carbons (Fsp3) is 0.208. The van der Waals surface area contributed by atoms with Crippen LogP contribution >= 0.6 is 10.3 Å². The van der Waals surface area contributed by atoms with Gasteiger partial charge in [0.05, 0.1) is 0 Å². The molecule has 0 aliphatic heterocycles. The lowest BCUT2D eigenvalue weighted by Crippen LogP contribution is -2.13. The third-order valence-corrected chi connectivity index (χ3v) is 7.78. The second-order valence-corrected chi connectivity index (χ2v) is 9.41. The molecule has 0 atom stereocenters. The summed E-state index contributed by atoms with van der Waals surface area (Å²) in [5.74, 6) is 0.265. The summed E-state index contributed by atoms with van der Waals surface area (Å²) in [5, 5.41) is 0. The fourth-order valence-electron chi connectivity index (χ4n) is 3.02. The number of carbonyl (C=O) groups is 1. The van der Waals surface area contributed by atoms with Crippen LogP contribution in [0.1, 0.15) is 38.7 Å². The van der Waals surface area contributed by atoms with Gasteiger partial charge >= 0.3 is 5.97 Å². The first-order valence-corrected chi connectivity index (χ1v) is 10.9. The fourth-order valence-corrected chi connectivity index (χ4v) is 6.12. The molecular weight excluding hydrogens is 352 g/mol. The maximum Gasteiger partial charge on any atom is 0.316 e. The van der Waals surface area contributed by atoms with E-state index in [1.54, 1.807) is 0 Å². The molecule has 27 heavy (non-hydrogen) atoms. The van der Waals surface area contributed by atoms with Crippen molar-refractivity contribution in [1.82, 2.24) is 0 Å². The molecule has 0 radical (unpaired) electrons. The highest BCUT2D eigenvalue weighted by molar-refractivity contribution is 8.30. The highest BCUT2D eigenvalue weighted by Crippen LogP contribution is 2.69. The third-order valence-electron chi connectivity index (χ3n) is 4.54. The molecule has 0 amide bonds. The van der Waals surface area contributed by atoms with Gasteiger partial charge < -0.3 is 4.18 Å². The molecule has 0 aromatic heterocycles. The molecule has 3 aromatic rings. The molecule has 140 valence electrons. The standard InChI is InChI=1S/C24H26O2S/c1-4-24(25)26-27(21-11-7-5-8-12-21,22-13-9-6-10-14-22)23-17-15-20(16-18-23)19(2)3/h5-19H,4H2,1-3H3. The molecule has 3 rings (SSSR count). The van der Waals surface area contributed by atoms with Gasteiger partial charge in [-0.1, -0.05) is 69.3 Å². The molecule has 3 heteroatoms. The van der Waals surface area contributed by atoms with Crippen molar-refractivity contribution >= 4 is 16.3 Å². The summed E-state index contributed by atoms with van der Waals surface area (Å²) in [7, 11) is -2.14. The van der Waals surface area contributed by atoms with Crippen LogP contribution in [-0.2, 0) is 8.98 Å². The Labute approximate surface area is 163 Å². The Morgan fingerprint density at radius 1 is 0.778 bits per heavy atom. The summed E-state index contributed by atoms with van der Waals surface area (Å²) < 4.78 is 6.29. The minimum Gasteiger partial charge on any atom is -0.402 e. The van der Waals surface area contributed by atoms with Gasteiger partial charge in [-0.05, 0) is 58.2 Å². The lowest BCUT2D eigenvalue weighted by Gasteiger charge is -2.39. The molecular formula is C24H26O2S. The third kappa shape index (κ3) is 3.93. The van der Waals surface area contributed by atoms with Crippen LogP contribution in [-0.4, -0.2) is 5.97 Å². The molecule has 3 aromatic carbocycles.